The number of piperidine rings is 1. The molecule has 2 aliphatic heterocycles. The minimum atomic E-state index is -2.40. The van der Waals surface area contributed by atoms with Crippen molar-refractivity contribution in [3.05, 3.63) is 94.8 Å². The number of nitrogens with one attached hydrogen (secondary N) is 7. The fraction of sp³-hybridized carbons (Fsp3) is 0.633. The van der Waals surface area contributed by atoms with E-state index in [2.05, 4.69) is 42.0 Å². The van der Waals surface area contributed by atoms with Gasteiger partial charge in [0.1, 0.15) is 37.4 Å². The molecule has 0 aliphatic carbocycles. The highest BCUT2D eigenvalue weighted by Crippen LogP contribution is 2.34. The highest BCUT2D eigenvalue weighted by Gasteiger charge is 2.45. The zero-order valence-electron chi connectivity index (χ0n) is 67.6. The van der Waals surface area contributed by atoms with Gasteiger partial charge in [-0.2, -0.15) is 8.78 Å². The lowest BCUT2D eigenvalue weighted by Gasteiger charge is -2.41. The molecule has 5 rings (SSSR count). The smallest absolute Gasteiger partial charge is 0.314 e. The van der Waals surface area contributed by atoms with Gasteiger partial charge in [-0.05, 0) is 106 Å². The number of hydrogen-bond acceptors (Lipinski definition) is 18. The number of ether oxygens (including phenoxy) is 6. The summed E-state index contributed by atoms with van der Waals surface area (Å²) in [7, 11) is 8.33. The average Bonchev–Trinajstić information content (AvgIpc) is 0.876. The number of hydrogen-bond donors (Lipinski definition) is 8. The maximum atomic E-state index is 14.7. The van der Waals surface area contributed by atoms with Gasteiger partial charge in [0.15, 0.2) is 0 Å². The van der Waals surface area contributed by atoms with Gasteiger partial charge in [0.2, 0.25) is 88.0 Å². The molecule has 0 aromatic heterocycles. The van der Waals surface area contributed by atoms with Crippen LogP contribution in [0.15, 0.2) is 54.6 Å². The normalized spacial score (nSPS) is 17.7. The molecule has 2 saturated heterocycles. The number of urea groups is 1. The summed E-state index contributed by atoms with van der Waals surface area (Å²) in [6, 6.07) is 8.49. The van der Waals surface area contributed by atoms with Crippen LogP contribution in [0.2, 0.25) is 0 Å². The number of carbonyl (C=O) groups excluding carboxylic acids is 11. The van der Waals surface area contributed by atoms with E-state index in [1.807, 2.05) is 90.9 Å². The van der Waals surface area contributed by atoms with Crippen molar-refractivity contribution < 1.29 is 103 Å². The predicted octanol–water partition coefficient (Wildman–Crippen LogP) is 5.67. The summed E-state index contributed by atoms with van der Waals surface area (Å²) in [5.41, 5.74) is 6.98. The van der Waals surface area contributed by atoms with Crippen LogP contribution in [-0.4, -0.2) is 240 Å². The van der Waals surface area contributed by atoms with Crippen molar-refractivity contribution in [2.45, 2.75) is 194 Å². The second-order valence-electron chi connectivity index (χ2n) is 30.1. The number of nitrogens with two attached hydrogens (primary N) is 1. The quantitative estimate of drug-likeness (QED) is 0.00844. The van der Waals surface area contributed by atoms with E-state index in [4.69, 9.17) is 29.4 Å². The van der Waals surface area contributed by atoms with E-state index in [-0.39, 0.29) is 127 Å². The molecule has 2 fully saturated rings. The lowest BCUT2D eigenvalue weighted by atomic mass is 9.89. The summed E-state index contributed by atoms with van der Waals surface area (Å²) in [6.07, 6.45) is 0.473. The van der Waals surface area contributed by atoms with Crippen molar-refractivity contribution in [3.8, 4) is 5.75 Å². The van der Waals surface area contributed by atoms with Crippen LogP contribution in [0.3, 0.4) is 0 Å². The Morgan fingerprint density at radius 2 is 1.21 bits per heavy atom. The average molecular weight is 1600 g/mol. The van der Waals surface area contributed by atoms with Crippen molar-refractivity contribution in [1.82, 2.24) is 51.5 Å². The minimum Gasteiger partial charge on any atom is -0.420 e. The third kappa shape index (κ3) is 27.9. The van der Waals surface area contributed by atoms with Gasteiger partial charge in [-0.15, -0.1) is 0 Å². The van der Waals surface area contributed by atoms with Gasteiger partial charge in [-0.25, -0.2) is 18.0 Å². The third-order valence-corrected chi connectivity index (χ3v) is 20.5. The Kier molecular flexibility index (Phi) is 38.9. The summed E-state index contributed by atoms with van der Waals surface area (Å²) in [4.78, 5) is 156. The number of anilines is 1. The molecule has 0 saturated carbocycles. The number of rotatable bonds is 45. The van der Waals surface area contributed by atoms with Crippen LogP contribution in [0.5, 0.6) is 5.75 Å². The first-order chi connectivity index (χ1) is 53.5. The molecule has 11 amide bonds. The number of esters is 1. The molecule has 113 heavy (non-hydrogen) atoms. The highest BCUT2D eigenvalue weighted by molar-refractivity contribution is 5.99. The monoisotopic (exact) mass is 1600 g/mol. The molecule has 9 N–H and O–H groups in total. The maximum absolute atomic E-state index is 14.7. The second kappa shape index (κ2) is 46.4. The molecule has 2 unspecified atom stereocenters. The van der Waals surface area contributed by atoms with Crippen LogP contribution in [0.4, 0.5) is 32.4 Å². The number of halogens is 5. The zero-order valence-corrected chi connectivity index (χ0v) is 67.6. The number of likely N-dealkylation sites (tertiary alicyclic amines) is 2. The number of likely N-dealkylation sites (N-methyl/N-ethyl adjacent to an activating group) is 2. The number of primary amides is 1. The minimum absolute atomic E-state index is 0.000341. The van der Waals surface area contributed by atoms with Gasteiger partial charge in [-0.3, -0.25) is 52.8 Å². The standard InChI is InChI=1S/C79H117F5N12O17/c1-16-47(8)69(94(13)77(105)67(45(4)5)92-76(104)68(46(6)7)93(11)12)57(108-14)40-59(98)96-32-21-25-56(96)70(109-15)49(10)72(100)90-55(39-50-22-18-17-19-23-50)73(101)87-41-51-26-28-53(29-27-51)88-74(102)54(24-20-31-86-79(85)107)89-75(103)66(44(2)3)91-58(97)42-111-36-34-110-35-37-112-43-60(99)95-33-30-52(38-48(95)9)78(106)113-71-64(83)62(81)61(80)63(82)65(71)84/h17-19,22-23,26-29,44-49,52,54-57,66-70H,16,20-21,24-25,30-43H2,1-15H3,(H,87,101)(H,88,102)(H,89,103)(H,90,100)(H,91,97)(H,92,104)(H3,85,86,107)/t47-,48?,49+,52?,54-,55-,56-,57+,66-,67-,68-,69-,70+/m0/s1. The van der Waals surface area contributed by atoms with Crippen LogP contribution in [0.25, 0.3) is 0 Å². The van der Waals surface area contributed by atoms with Gasteiger partial charge in [0.25, 0.3) is 0 Å². The first-order valence-electron chi connectivity index (χ1n) is 38.5. The van der Waals surface area contributed by atoms with E-state index in [9.17, 15) is 74.7 Å². The zero-order chi connectivity index (χ0) is 84.1. The third-order valence-electron chi connectivity index (χ3n) is 20.5. The number of benzene rings is 3. The van der Waals surface area contributed by atoms with E-state index >= 15 is 0 Å². The van der Waals surface area contributed by atoms with Crippen LogP contribution < -0.4 is 47.7 Å². The Bertz CT molecular complexity index is 3620. The molecule has 0 bridgehead atoms. The van der Waals surface area contributed by atoms with Crippen molar-refractivity contribution in [1.29, 1.82) is 0 Å². The summed E-state index contributed by atoms with van der Waals surface area (Å²) in [5.74, 6) is -21.4. The second-order valence-corrected chi connectivity index (χ2v) is 30.1. The van der Waals surface area contributed by atoms with Crippen molar-refractivity contribution in [3.63, 3.8) is 0 Å². The lowest BCUT2D eigenvalue weighted by Crippen LogP contribution is -2.59. The molecule has 3 aromatic carbocycles. The topological polar surface area (TPSA) is 366 Å². The molecule has 13 atom stereocenters. The van der Waals surface area contributed by atoms with Gasteiger partial charge >= 0.3 is 12.0 Å². The number of methoxy groups -OCH3 is 2. The van der Waals surface area contributed by atoms with Gasteiger partial charge < -0.3 is 86.1 Å². The first kappa shape index (κ1) is 94.6. The van der Waals surface area contributed by atoms with Crippen LogP contribution in [0, 0.1) is 64.6 Å². The molecule has 630 valence electrons. The van der Waals surface area contributed by atoms with Crippen molar-refractivity contribution in [2.75, 3.05) is 100.0 Å². The Balaban J connectivity index is 1.12. The SMILES string of the molecule is CC[C@H](C)[C@@H]([C@@H](CC(=O)N1CCC[C@H]1[C@H](OC)[C@@H](C)C(=O)N[C@@H](Cc1ccccc1)C(=O)NCc1ccc(NC(=O)[C@H](CCCNC(N)=O)NC(=O)[C@@H](NC(=O)COCCOCCOCC(=O)N2CCC(C(=O)Oc3c(F)c(F)c(F)c(F)c3F)CC2C)C(C)C)cc1)OC)N(C)C(=O)[C@@H](NC(=O)[C@H](C(C)C)N(C)C)C(C)C. The van der Waals surface area contributed by atoms with Gasteiger partial charge in [-0.1, -0.05) is 111 Å². The number of carbonyl (C=O) groups is 11. The number of nitrogens with zero attached hydrogens (tertiary/aromatic N) is 4. The van der Waals surface area contributed by atoms with Crippen molar-refractivity contribution in [2.24, 2.45) is 41.2 Å². The maximum Gasteiger partial charge on any atom is 0.314 e. The predicted molar refractivity (Wildman–Crippen MR) is 408 cm³/mol. The highest BCUT2D eigenvalue weighted by atomic mass is 19.2. The van der Waals surface area contributed by atoms with Crippen molar-refractivity contribution >= 4 is 70.9 Å². The van der Waals surface area contributed by atoms with Gasteiger partial charge in [0, 0.05) is 65.6 Å². The summed E-state index contributed by atoms with van der Waals surface area (Å²) in [6.45, 7) is 17.8. The summed E-state index contributed by atoms with van der Waals surface area (Å²) in [5, 5.41) is 19.5. The Morgan fingerprint density at radius 1 is 0.611 bits per heavy atom. The summed E-state index contributed by atoms with van der Waals surface area (Å²) < 4.78 is 102. The van der Waals surface area contributed by atoms with Crippen LogP contribution in [-0.2, 0) is 84.6 Å². The molecule has 2 aliphatic rings. The molecule has 2 heterocycles. The van der Waals surface area contributed by atoms with E-state index in [1.54, 1.807) is 68.8 Å². The molecule has 34 heteroatoms. The van der Waals surface area contributed by atoms with E-state index in [0.29, 0.717) is 37.1 Å². The molecular weight excluding hydrogens is 1480 g/mol. The lowest BCUT2D eigenvalue weighted by molar-refractivity contribution is -0.148. The van der Waals surface area contributed by atoms with E-state index in [1.165, 1.54) is 19.1 Å². The van der Waals surface area contributed by atoms with Crippen LogP contribution >= 0.6 is 0 Å². The fourth-order valence-electron chi connectivity index (χ4n) is 14.2. The van der Waals surface area contributed by atoms with E-state index in [0.717, 1.165) is 5.56 Å². The molecular formula is C79H117F5N12O17. The number of amides is 11. The Morgan fingerprint density at radius 3 is 1.78 bits per heavy atom. The Labute approximate surface area is 658 Å². The van der Waals surface area contributed by atoms with E-state index < -0.39 is 167 Å². The molecule has 3 aromatic rings. The van der Waals surface area contributed by atoms with Gasteiger partial charge in [0.05, 0.1) is 75.0 Å². The summed E-state index contributed by atoms with van der Waals surface area (Å²) >= 11 is 0. The fourth-order valence-corrected chi connectivity index (χ4v) is 14.2. The Hall–Kier alpha value is -8.96. The first-order valence-corrected chi connectivity index (χ1v) is 38.5. The van der Waals surface area contributed by atoms with Crippen LogP contribution in [0.1, 0.15) is 132 Å². The molecule has 0 spiro atoms. The largest absolute Gasteiger partial charge is 0.420 e. The molecule has 0 radical (unpaired) electrons. The molecule has 29 nitrogen and oxygen atoms in total.